The second-order valence-electron chi connectivity index (χ2n) is 7.51. The van der Waals surface area contributed by atoms with Gasteiger partial charge in [0, 0.05) is 42.8 Å². The fraction of sp³-hybridized carbons (Fsp3) is 0.550. The maximum Gasteiger partial charge on any atom is 0.246 e. The van der Waals surface area contributed by atoms with Crippen LogP contribution in [0.5, 0.6) is 0 Å². The van der Waals surface area contributed by atoms with E-state index in [1.165, 1.54) is 32.2 Å². The number of aliphatic imine (C=N–C) groups is 1. The monoisotopic (exact) mass is 530 g/mol. The Morgan fingerprint density at radius 2 is 2.00 bits per heavy atom. The predicted molar refractivity (Wildman–Crippen MR) is 126 cm³/mol. The summed E-state index contributed by atoms with van der Waals surface area (Å²) in [5.74, 6) is 1.84. The highest BCUT2D eigenvalue weighted by Gasteiger charge is 2.30. The molecule has 1 aliphatic heterocycles. The number of benzene rings is 1. The smallest absolute Gasteiger partial charge is 0.246 e. The summed E-state index contributed by atoms with van der Waals surface area (Å²) in [4.78, 5) is 11.4. The van der Waals surface area contributed by atoms with Crippen LogP contribution in [0.1, 0.15) is 38.0 Å². The van der Waals surface area contributed by atoms with E-state index in [0.717, 1.165) is 30.5 Å². The summed E-state index contributed by atoms with van der Waals surface area (Å²) in [5.41, 5.74) is 0.875. The van der Waals surface area contributed by atoms with E-state index in [9.17, 15) is 0 Å². The molecule has 2 aromatic rings. The highest BCUT2D eigenvalue weighted by molar-refractivity contribution is 14.0. The SMILES string of the molecule is CN=C(NCc1nc(-c2ccc(Cl)cc2)no1)NC1CCN(C2CCCC2)C1.I. The van der Waals surface area contributed by atoms with Crippen LogP contribution >= 0.6 is 35.6 Å². The number of hydrogen-bond acceptors (Lipinski definition) is 5. The normalized spacial score (nSPS) is 20.6. The fourth-order valence-corrected chi connectivity index (χ4v) is 4.22. The molecule has 9 heteroatoms. The third kappa shape index (κ3) is 5.82. The van der Waals surface area contributed by atoms with Gasteiger partial charge in [0.2, 0.25) is 11.7 Å². The van der Waals surface area contributed by atoms with E-state index in [0.29, 0.717) is 29.3 Å². The summed E-state index contributed by atoms with van der Waals surface area (Å²) in [6, 6.07) is 8.59. The highest BCUT2D eigenvalue weighted by atomic mass is 127. The number of guanidine groups is 1. The van der Waals surface area contributed by atoms with Gasteiger partial charge in [-0.15, -0.1) is 24.0 Å². The average Bonchev–Trinajstić information content (AvgIpc) is 3.47. The number of halogens is 2. The van der Waals surface area contributed by atoms with Gasteiger partial charge in [-0.3, -0.25) is 9.89 Å². The van der Waals surface area contributed by atoms with Crippen molar-refractivity contribution in [2.75, 3.05) is 20.1 Å². The third-order valence-electron chi connectivity index (χ3n) is 5.60. The molecule has 1 saturated heterocycles. The minimum absolute atomic E-state index is 0. The van der Waals surface area contributed by atoms with Crippen molar-refractivity contribution in [3.8, 4) is 11.4 Å². The molecule has 0 radical (unpaired) electrons. The number of nitrogens with one attached hydrogen (secondary N) is 2. The molecule has 1 aromatic carbocycles. The number of aromatic nitrogens is 2. The summed E-state index contributed by atoms with van der Waals surface area (Å²) < 4.78 is 5.35. The molecule has 2 N–H and O–H groups in total. The average molecular weight is 531 g/mol. The van der Waals surface area contributed by atoms with E-state index in [1.54, 1.807) is 7.05 Å². The molecule has 1 saturated carbocycles. The van der Waals surface area contributed by atoms with Gasteiger partial charge in [-0.05, 0) is 43.5 Å². The number of rotatable bonds is 5. The maximum atomic E-state index is 5.92. The second-order valence-corrected chi connectivity index (χ2v) is 7.94. The molecule has 7 nitrogen and oxygen atoms in total. The van der Waals surface area contributed by atoms with Crippen LogP contribution in [0.2, 0.25) is 5.02 Å². The van der Waals surface area contributed by atoms with Crippen molar-refractivity contribution in [2.24, 2.45) is 4.99 Å². The fourth-order valence-electron chi connectivity index (χ4n) is 4.10. The Balaban J connectivity index is 0.00000240. The zero-order valence-corrected chi connectivity index (χ0v) is 19.7. The summed E-state index contributed by atoms with van der Waals surface area (Å²) in [6.45, 7) is 2.69. The first kappa shape index (κ1) is 22.3. The van der Waals surface area contributed by atoms with Gasteiger partial charge in [0.25, 0.3) is 0 Å². The molecular formula is C20H28ClIN6O. The Morgan fingerprint density at radius 1 is 1.24 bits per heavy atom. The first-order chi connectivity index (χ1) is 13.7. The van der Waals surface area contributed by atoms with Crippen LogP contribution in [0.3, 0.4) is 0 Å². The van der Waals surface area contributed by atoms with Gasteiger partial charge < -0.3 is 15.2 Å². The molecule has 1 unspecified atom stereocenters. The molecule has 0 amide bonds. The lowest BCUT2D eigenvalue weighted by Crippen LogP contribution is -2.45. The van der Waals surface area contributed by atoms with Crippen LogP contribution in [-0.4, -0.2) is 53.2 Å². The molecule has 1 aromatic heterocycles. The van der Waals surface area contributed by atoms with Gasteiger partial charge >= 0.3 is 0 Å². The molecule has 2 aliphatic rings. The summed E-state index contributed by atoms with van der Waals surface area (Å²) in [5, 5.41) is 11.5. The Bertz CT molecular complexity index is 806. The number of nitrogens with zero attached hydrogens (tertiary/aromatic N) is 4. The van der Waals surface area contributed by atoms with Gasteiger partial charge in [0.15, 0.2) is 5.96 Å². The van der Waals surface area contributed by atoms with Crippen molar-refractivity contribution >= 4 is 41.5 Å². The Hall–Kier alpha value is -1.39. The Labute approximate surface area is 193 Å². The minimum atomic E-state index is 0. The van der Waals surface area contributed by atoms with Crippen LogP contribution in [0.4, 0.5) is 0 Å². The lowest BCUT2D eigenvalue weighted by molar-refractivity contribution is 0.242. The molecule has 158 valence electrons. The van der Waals surface area contributed by atoms with Crippen LogP contribution in [-0.2, 0) is 6.54 Å². The van der Waals surface area contributed by atoms with Crippen molar-refractivity contribution in [1.82, 2.24) is 25.7 Å². The largest absolute Gasteiger partial charge is 0.352 e. The van der Waals surface area contributed by atoms with Gasteiger partial charge in [0.1, 0.15) is 0 Å². The highest BCUT2D eigenvalue weighted by Crippen LogP contribution is 2.26. The molecule has 0 spiro atoms. The lowest BCUT2D eigenvalue weighted by Gasteiger charge is -2.24. The van der Waals surface area contributed by atoms with E-state index in [2.05, 4.69) is 30.7 Å². The summed E-state index contributed by atoms with van der Waals surface area (Å²) in [7, 11) is 1.78. The minimum Gasteiger partial charge on any atom is -0.352 e. The summed E-state index contributed by atoms with van der Waals surface area (Å²) >= 11 is 5.92. The maximum absolute atomic E-state index is 5.92. The van der Waals surface area contributed by atoms with E-state index in [1.807, 2.05) is 24.3 Å². The zero-order chi connectivity index (χ0) is 19.3. The van der Waals surface area contributed by atoms with Crippen molar-refractivity contribution < 1.29 is 4.52 Å². The van der Waals surface area contributed by atoms with Gasteiger partial charge in [-0.2, -0.15) is 4.98 Å². The van der Waals surface area contributed by atoms with E-state index < -0.39 is 0 Å². The van der Waals surface area contributed by atoms with E-state index in [4.69, 9.17) is 16.1 Å². The molecule has 2 fully saturated rings. The Kier molecular flexibility index (Phi) is 8.14. The van der Waals surface area contributed by atoms with Crippen LogP contribution in [0, 0.1) is 0 Å². The van der Waals surface area contributed by atoms with Crippen molar-refractivity contribution in [3.05, 3.63) is 35.2 Å². The number of likely N-dealkylation sites (tertiary alicyclic amines) is 1. The predicted octanol–water partition coefficient (Wildman–Crippen LogP) is 3.69. The Morgan fingerprint density at radius 3 is 2.72 bits per heavy atom. The molecule has 1 aliphatic carbocycles. The molecule has 1 atom stereocenters. The third-order valence-corrected chi connectivity index (χ3v) is 5.85. The van der Waals surface area contributed by atoms with Crippen LogP contribution in [0.25, 0.3) is 11.4 Å². The zero-order valence-electron chi connectivity index (χ0n) is 16.6. The van der Waals surface area contributed by atoms with Gasteiger partial charge in [0.05, 0.1) is 6.54 Å². The lowest BCUT2D eigenvalue weighted by atomic mass is 10.2. The first-order valence-electron chi connectivity index (χ1n) is 10.0. The van der Waals surface area contributed by atoms with E-state index in [-0.39, 0.29) is 24.0 Å². The number of hydrogen-bond donors (Lipinski definition) is 2. The van der Waals surface area contributed by atoms with Crippen molar-refractivity contribution in [2.45, 2.75) is 50.7 Å². The molecule has 29 heavy (non-hydrogen) atoms. The van der Waals surface area contributed by atoms with Crippen molar-refractivity contribution in [3.63, 3.8) is 0 Å². The van der Waals surface area contributed by atoms with E-state index >= 15 is 0 Å². The molecular weight excluding hydrogens is 503 g/mol. The standard InChI is InChI=1S/C20H27ClN6O.HI/c1-22-20(24-16-10-11-27(13-16)17-4-2-3-5-17)23-12-18-25-19(26-28-18)14-6-8-15(21)9-7-14;/h6-9,16-17H,2-5,10-13H2,1H3,(H2,22,23,24);1H. The molecule has 4 rings (SSSR count). The first-order valence-corrected chi connectivity index (χ1v) is 10.4. The summed E-state index contributed by atoms with van der Waals surface area (Å²) in [6.07, 6.45) is 6.62. The van der Waals surface area contributed by atoms with Crippen LogP contribution < -0.4 is 10.6 Å². The molecule has 0 bridgehead atoms. The molecule has 2 heterocycles. The van der Waals surface area contributed by atoms with Crippen molar-refractivity contribution in [1.29, 1.82) is 0 Å². The van der Waals surface area contributed by atoms with Gasteiger partial charge in [-0.1, -0.05) is 29.6 Å². The topological polar surface area (TPSA) is 78.6 Å². The van der Waals surface area contributed by atoms with Gasteiger partial charge in [-0.25, -0.2) is 0 Å². The van der Waals surface area contributed by atoms with Crippen LogP contribution in [0.15, 0.2) is 33.8 Å². The second kappa shape index (κ2) is 10.6. The quantitative estimate of drug-likeness (QED) is 0.349.